The van der Waals surface area contributed by atoms with Crippen LogP contribution in [-0.4, -0.2) is 16.3 Å². The highest BCUT2D eigenvalue weighted by Crippen LogP contribution is 2.24. The van der Waals surface area contributed by atoms with Crippen molar-refractivity contribution in [2.75, 3.05) is 0 Å². The monoisotopic (exact) mass is 162 g/mol. The molecule has 0 rings (SSSR count). The summed E-state index contributed by atoms with van der Waals surface area (Å²) >= 11 is 4.12. The molecule has 60 valence electrons. The first-order valence-corrected chi connectivity index (χ1v) is 3.79. The highest BCUT2D eigenvalue weighted by Gasteiger charge is 2.27. The molecule has 0 amide bonds. The van der Waals surface area contributed by atoms with E-state index in [0.29, 0.717) is 6.42 Å². The normalized spacial score (nSPS) is 14.8. The van der Waals surface area contributed by atoms with Crippen molar-refractivity contribution in [3.63, 3.8) is 0 Å². The van der Waals surface area contributed by atoms with Gasteiger partial charge in [-0.15, -0.1) is 0 Å². The van der Waals surface area contributed by atoms with E-state index in [9.17, 15) is 4.79 Å². The molecule has 0 aliphatic rings. The van der Waals surface area contributed by atoms with Crippen LogP contribution in [0.3, 0.4) is 0 Å². The Kier molecular flexibility index (Phi) is 3.22. The average molecular weight is 162 g/mol. The Morgan fingerprint density at radius 1 is 1.70 bits per heavy atom. The van der Waals surface area contributed by atoms with Gasteiger partial charge in [-0.2, -0.15) is 12.6 Å². The first kappa shape index (κ1) is 9.82. The van der Waals surface area contributed by atoms with Crippen molar-refractivity contribution in [3.8, 4) is 0 Å². The first-order valence-electron chi connectivity index (χ1n) is 3.28. The number of hydrogen-bond donors (Lipinski definition) is 2. The van der Waals surface area contributed by atoms with Gasteiger partial charge in [0.1, 0.15) is 0 Å². The topological polar surface area (TPSA) is 37.3 Å². The van der Waals surface area contributed by atoms with E-state index in [-0.39, 0.29) is 5.25 Å². The molecule has 1 N–H and O–H groups in total. The van der Waals surface area contributed by atoms with Crippen molar-refractivity contribution in [2.24, 2.45) is 5.41 Å². The minimum Gasteiger partial charge on any atom is -0.481 e. The van der Waals surface area contributed by atoms with Gasteiger partial charge in [-0.05, 0) is 25.5 Å². The van der Waals surface area contributed by atoms with Gasteiger partial charge in [0.05, 0.1) is 5.41 Å². The Labute approximate surface area is 67.0 Å². The third-order valence-corrected chi connectivity index (χ3v) is 1.57. The second kappa shape index (κ2) is 3.28. The summed E-state index contributed by atoms with van der Waals surface area (Å²) in [6, 6.07) is 0. The van der Waals surface area contributed by atoms with Gasteiger partial charge in [-0.3, -0.25) is 4.79 Å². The summed E-state index contributed by atoms with van der Waals surface area (Å²) in [4.78, 5) is 10.5. The van der Waals surface area contributed by atoms with Crippen molar-refractivity contribution in [1.82, 2.24) is 0 Å². The molecule has 0 saturated heterocycles. The van der Waals surface area contributed by atoms with Crippen LogP contribution in [0, 0.1) is 5.41 Å². The lowest BCUT2D eigenvalue weighted by molar-refractivity contribution is -0.147. The Balaban J connectivity index is 4.00. The molecular formula is C7H14O2S. The molecular weight excluding hydrogens is 148 g/mol. The molecule has 0 radical (unpaired) electrons. The summed E-state index contributed by atoms with van der Waals surface area (Å²) in [5.41, 5.74) is -0.638. The molecule has 3 heteroatoms. The number of carboxylic acids is 1. The van der Waals surface area contributed by atoms with Crippen LogP contribution in [0.2, 0.25) is 0 Å². The molecule has 0 spiro atoms. The van der Waals surface area contributed by atoms with E-state index in [0.717, 1.165) is 0 Å². The van der Waals surface area contributed by atoms with Gasteiger partial charge in [0.25, 0.3) is 0 Å². The molecule has 10 heavy (non-hydrogen) atoms. The van der Waals surface area contributed by atoms with Gasteiger partial charge in [0.2, 0.25) is 0 Å². The lowest BCUT2D eigenvalue weighted by Crippen LogP contribution is -2.26. The highest BCUT2D eigenvalue weighted by molar-refractivity contribution is 7.80. The van der Waals surface area contributed by atoms with E-state index >= 15 is 0 Å². The summed E-state index contributed by atoms with van der Waals surface area (Å²) < 4.78 is 0. The van der Waals surface area contributed by atoms with Gasteiger partial charge >= 0.3 is 5.97 Å². The Hall–Kier alpha value is -0.180. The van der Waals surface area contributed by atoms with Gasteiger partial charge in [-0.1, -0.05) is 6.92 Å². The van der Waals surface area contributed by atoms with Crippen LogP contribution in [0.5, 0.6) is 0 Å². The summed E-state index contributed by atoms with van der Waals surface area (Å²) in [5.74, 6) is -0.756. The smallest absolute Gasteiger partial charge is 0.309 e. The Morgan fingerprint density at radius 2 is 2.10 bits per heavy atom. The van der Waals surface area contributed by atoms with E-state index in [1.165, 1.54) is 0 Å². The zero-order valence-electron chi connectivity index (χ0n) is 6.59. The number of aliphatic carboxylic acids is 1. The van der Waals surface area contributed by atoms with Gasteiger partial charge < -0.3 is 5.11 Å². The predicted octanol–water partition coefficient (Wildman–Crippen LogP) is 1.81. The van der Waals surface area contributed by atoms with Crippen molar-refractivity contribution < 1.29 is 9.90 Å². The SMILES string of the molecule is CC(S)CC(C)(C)C(=O)O. The summed E-state index contributed by atoms with van der Waals surface area (Å²) in [5, 5.41) is 8.80. The Bertz CT molecular complexity index is 130. The van der Waals surface area contributed by atoms with Crippen LogP contribution in [-0.2, 0) is 4.79 Å². The molecule has 1 unspecified atom stereocenters. The third-order valence-electron chi connectivity index (χ3n) is 1.38. The fourth-order valence-corrected chi connectivity index (χ4v) is 1.28. The molecule has 0 heterocycles. The van der Waals surface area contributed by atoms with E-state index in [4.69, 9.17) is 5.11 Å². The zero-order chi connectivity index (χ0) is 8.36. The first-order chi connectivity index (χ1) is 4.36. The van der Waals surface area contributed by atoms with Crippen LogP contribution in [0.15, 0.2) is 0 Å². The van der Waals surface area contributed by atoms with Gasteiger partial charge in [0.15, 0.2) is 0 Å². The van der Waals surface area contributed by atoms with E-state index in [2.05, 4.69) is 12.6 Å². The maximum atomic E-state index is 10.5. The summed E-state index contributed by atoms with van der Waals surface area (Å²) in [6.07, 6.45) is 0.603. The highest BCUT2D eigenvalue weighted by atomic mass is 32.1. The maximum absolute atomic E-state index is 10.5. The van der Waals surface area contributed by atoms with E-state index < -0.39 is 11.4 Å². The summed E-state index contributed by atoms with van der Waals surface area (Å²) in [7, 11) is 0. The van der Waals surface area contributed by atoms with E-state index in [1.807, 2.05) is 6.92 Å². The second-order valence-corrected chi connectivity index (χ2v) is 4.12. The molecule has 0 aromatic rings. The van der Waals surface area contributed by atoms with Crippen LogP contribution in [0.1, 0.15) is 27.2 Å². The molecule has 2 nitrogen and oxygen atoms in total. The molecule has 0 aliphatic carbocycles. The van der Waals surface area contributed by atoms with Crippen LogP contribution >= 0.6 is 12.6 Å². The average Bonchev–Trinajstić information content (AvgIpc) is 1.60. The molecule has 0 bridgehead atoms. The molecule has 0 aliphatic heterocycles. The van der Waals surface area contributed by atoms with Crippen molar-refractivity contribution in [3.05, 3.63) is 0 Å². The molecule has 0 aromatic carbocycles. The standard InChI is InChI=1S/C7H14O2S/c1-5(10)4-7(2,3)6(8)9/h5,10H,4H2,1-3H3,(H,8,9). The number of thiol groups is 1. The third kappa shape index (κ3) is 3.11. The maximum Gasteiger partial charge on any atom is 0.309 e. The van der Waals surface area contributed by atoms with Gasteiger partial charge in [0, 0.05) is 0 Å². The number of rotatable bonds is 3. The quantitative estimate of drug-likeness (QED) is 0.621. The summed E-state index contributed by atoms with van der Waals surface area (Å²) in [6.45, 7) is 5.32. The number of carboxylic acid groups (broad SMARTS) is 1. The van der Waals surface area contributed by atoms with Crippen LogP contribution in [0.4, 0.5) is 0 Å². The fraction of sp³-hybridized carbons (Fsp3) is 0.857. The largest absolute Gasteiger partial charge is 0.481 e. The number of carbonyl (C=O) groups is 1. The molecule has 0 fully saturated rings. The minimum absolute atomic E-state index is 0.145. The minimum atomic E-state index is -0.756. The molecule has 1 atom stereocenters. The van der Waals surface area contributed by atoms with Crippen LogP contribution in [0.25, 0.3) is 0 Å². The van der Waals surface area contributed by atoms with Gasteiger partial charge in [-0.25, -0.2) is 0 Å². The lowest BCUT2D eigenvalue weighted by Gasteiger charge is -2.20. The second-order valence-electron chi connectivity index (χ2n) is 3.24. The van der Waals surface area contributed by atoms with Crippen molar-refractivity contribution in [1.29, 1.82) is 0 Å². The predicted molar refractivity (Wildman–Crippen MR) is 44.5 cm³/mol. The fourth-order valence-electron chi connectivity index (χ4n) is 0.826. The van der Waals surface area contributed by atoms with Crippen LogP contribution < -0.4 is 0 Å². The zero-order valence-corrected chi connectivity index (χ0v) is 7.48. The van der Waals surface area contributed by atoms with Crippen molar-refractivity contribution >= 4 is 18.6 Å². The lowest BCUT2D eigenvalue weighted by atomic mass is 9.88. The molecule has 0 aromatic heterocycles. The molecule has 0 saturated carbocycles. The number of hydrogen-bond acceptors (Lipinski definition) is 2. The van der Waals surface area contributed by atoms with E-state index in [1.54, 1.807) is 13.8 Å². The van der Waals surface area contributed by atoms with Crippen molar-refractivity contribution in [2.45, 2.75) is 32.4 Å². The Morgan fingerprint density at radius 3 is 2.20 bits per heavy atom.